The number of hydrogen-bond donors (Lipinski definition) is 1. The van der Waals surface area contributed by atoms with E-state index < -0.39 is 0 Å². The Morgan fingerprint density at radius 1 is 1.40 bits per heavy atom. The second kappa shape index (κ2) is 8.60. The molecule has 1 aliphatic rings. The minimum atomic E-state index is 0.0118. The van der Waals surface area contributed by atoms with Gasteiger partial charge in [0.05, 0.1) is 12.6 Å². The molecule has 1 fully saturated rings. The zero-order chi connectivity index (χ0) is 17.6. The van der Waals surface area contributed by atoms with Gasteiger partial charge in [0.1, 0.15) is 5.69 Å². The standard InChI is InChI=1S/C18H27N5OS/c1-21(2)10-11-22(14-16-6-4-12-25-16)18(24)17-7-9-23(20-17)15-5-3-8-19-13-15/h4,6-7,9,12,15,19H,3,5,8,10-11,13-14H2,1-2H3. The van der Waals surface area contributed by atoms with E-state index in [9.17, 15) is 4.79 Å². The van der Waals surface area contributed by atoms with E-state index in [1.165, 1.54) is 4.88 Å². The maximum absolute atomic E-state index is 13.0. The third-order valence-corrected chi connectivity index (χ3v) is 5.36. The zero-order valence-electron chi connectivity index (χ0n) is 15.0. The van der Waals surface area contributed by atoms with E-state index in [0.717, 1.165) is 32.5 Å². The number of amides is 1. The lowest BCUT2D eigenvalue weighted by atomic mass is 10.1. The Kier molecular flexibility index (Phi) is 6.23. The number of carbonyl (C=O) groups excluding carboxylic acids is 1. The van der Waals surface area contributed by atoms with Gasteiger partial charge in [-0.1, -0.05) is 6.07 Å². The lowest BCUT2D eigenvalue weighted by Gasteiger charge is -2.24. The van der Waals surface area contributed by atoms with Gasteiger partial charge in [-0.05, 0) is 51.0 Å². The van der Waals surface area contributed by atoms with Gasteiger partial charge in [0, 0.05) is 30.7 Å². The fourth-order valence-electron chi connectivity index (χ4n) is 3.04. The fourth-order valence-corrected chi connectivity index (χ4v) is 3.76. The third kappa shape index (κ3) is 4.90. The molecule has 7 heteroatoms. The van der Waals surface area contributed by atoms with Gasteiger partial charge in [-0.15, -0.1) is 11.3 Å². The van der Waals surface area contributed by atoms with Crippen LogP contribution in [-0.2, 0) is 6.54 Å². The molecule has 2 aromatic heterocycles. The smallest absolute Gasteiger partial charge is 0.274 e. The van der Waals surface area contributed by atoms with Crippen LogP contribution in [0.2, 0.25) is 0 Å². The van der Waals surface area contributed by atoms with Crippen LogP contribution in [-0.4, -0.2) is 65.8 Å². The maximum atomic E-state index is 13.0. The molecule has 3 rings (SSSR count). The number of hydrogen-bond acceptors (Lipinski definition) is 5. The Hall–Kier alpha value is -1.70. The summed E-state index contributed by atoms with van der Waals surface area (Å²) in [6, 6.07) is 6.31. The number of likely N-dealkylation sites (N-methyl/N-ethyl adjacent to an activating group) is 1. The Labute approximate surface area is 153 Å². The molecule has 1 saturated heterocycles. The molecule has 2 aromatic rings. The van der Waals surface area contributed by atoms with Crippen LogP contribution in [0, 0.1) is 0 Å². The van der Waals surface area contributed by atoms with E-state index in [-0.39, 0.29) is 5.91 Å². The Balaban J connectivity index is 1.70. The van der Waals surface area contributed by atoms with Crippen molar-refractivity contribution < 1.29 is 4.79 Å². The first-order chi connectivity index (χ1) is 12.1. The van der Waals surface area contributed by atoms with Crippen molar-refractivity contribution in [2.24, 2.45) is 0 Å². The van der Waals surface area contributed by atoms with Gasteiger partial charge >= 0.3 is 0 Å². The first-order valence-corrected chi connectivity index (χ1v) is 9.73. The van der Waals surface area contributed by atoms with Gasteiger partial charge in [-0.25, -0.2) is 0 Å². The molecule has 0 radical (unpaired) electrons. The van der Waals surface area contributed by atoms with Crippen molar-refractivity contribution in [1.82, 2.24) is 24.9 Å². The molecule has 3 heterocycles. The SMILES string of the molecule is CN(C)CCN(Cc1cccs1)C(=O)c1ccn(C2CCCNC2)n1. The molecule has 1 unspecified atom stereocenters. The largest absolute Gasteiger partial charge is 0.331 e. The van der Waals surface area contributed by atoms with Gasteiger partial charge in [0.15, 0.2) is 0 Å². The summed E-state index contributed by atoms with van der Waals surface area (Å²) in [4.78, 5) is 18.2. The molecule has 0 spiro atoms. The number of nitrogens with zero attached hydrogens (tertiary/aromatic N) is 4. The summed E-state index contributed by atoms with van der Waals surface area (Å²) in [5, 5.41) is 10.0. The highest BCUT2D eigenvalue weighted by Crippen LogP contribution is 2.17. The second-order valence-corrected chi connectivity index (χ2v) is 7.82. The normalized spacial score (nSPS) is 17.8. The van der Waals surface area contributed by atoms with E-state index in [0.29, 0.717) is 24.8 Å². The van der Waals surface area contributed by atoms with Gasteiger partial charge in [0.25, 0.3) is 5.91 Å². The van der Waals surface area contributed by atoms with Gasteiger partial charge in [-0.2, -0.15) is 5.10 Å². The van der Waals surface area contributed by atoms with Crippen molar-refractivity contribution in [3.05, 3.63) is 40.3 Å². The molecular weight excluding hydrogens is 334 g/mol. The predicted octanol–water partition coefficient (Wildman–Crippen LogP) is 2.07. The lowest BCUT2D eigenvalue weighted by molar-refractivity contribution is 0.0726. The highest BCUT2D eigenvalue weighted by molar-refractivity contribution is 7.09. The molecule has 0 aliphatic carbocycles. The summed E-state index contributed by atoms with van der Waals surface area (Å²) >= 11 is 1.68. The summed E-state index contributed by atoms with van der Waals surface area (Å²) in [5.41, 5.74) is 0.542. The monoisotopic (exact) mass is 361 g/mol. The Morgan fingerprint density at radius 2 is 2.28 bits per heavy atom. The van der Waals surface area contributed by atoms with Crippen molar-refractivity contribution >= 4 is 17.2 Å². The maximum Gasteiger partial charge on any atom is 0.274 e. The molecule has 25 heavy (non-hydrogen) atoms. The van der Waals surface area contributed by atoms with E-state index in [1.807, 2.05) is 42.0 Å². The Morgan fingerprint density at radius 3 is 2.96 bits per heavy atom. The molecule has 1 aliphatic heterocycles. The van der Waals surface area contributed by atoms with Gasteiger partial charge in [0.2, 0.25) is 0 Å². The van der Waals surface area contributed by atoms with E-state index in [2.05, 4.69) is 26.8 Å². The van der Waals surface area contributed by atoms with Crippen LogP contribution >= 0.6 is 11.3 Å². The quantitative estimate of drug-likeness (QED) is 0.820. The van der Waals surface area contributed by atoms with E-state index in [4.69, 9.17) is 0 Å². The number of carbonyl (C=O) groups is 1. The van der Waals surface area contributed by atoms with Crippen LogP contribution in [0.5, 0.6) is 0 Å². The zero-order valence-corrected chi connectivity index (χ0v) is 15.8. The molecule has 0 aromatic carbocycles. The van der Waals surface area contributed by atoms with Crippen LogP contribution in [0.25, 0.3) is 0 Å². The summed E-state index contributed by atoms with van der Waals surface area (Å²) in [6.45, 7) is 4.17. The summed E-state index contributed by atoms with van der Waals surface area (Å²) < 4.78 is 1.95. The summed E-state index contributed by atoms with van der Waals surface area (Å²) in [5.74, 6) is 0.0118. The molecule has 0 bridgehead atoms. The van der Waals surface area contributed by atoms with Crippen molar-refractivity contribution in [3.63, 3.8) is 0 Å². The lowest BCUT2D eigenvalue weighted by Crippen LogP contribution is -2.36. The third-order valence-electron chi connectivity index (χ3n) is 4.50. The average molecular weight is 362 g/mol. The van der Waals surface area contributed by atoms with Gasteiger partial charge < -0.3 is 15.1 Å². The Bertz CT molecular complexity index is 661. The van der Waals surface area contributed by atoms with Crippen molar-refractivity contribution in [2.45, 2.75) is 25.4 Å². The van der Waals surface area contributed by atoms with Crippen LogP contribution in [0.3, 0.4) is 0 Å². The summed E-state index contributed by atoms with van der Waals surface area (Å²) in [6.07, 6.45) is 4.21. The number of nitrogens with one attached hydrogen (secondary N) is 1. The van der Waals surface area contributed by atoms with Crippen LogP contribution < -0.4 is 5.32 Å². The number of thiophene rings is 1. The highest BCUT2D eigenvalue weighted by atomic mass is 32.1. The predicted molar refractivity (Wildman–Crippen MR) is 101 cm³/mol. The topological polar surface area (TPSA) is 53.4 Å². The minimum Gasteiger partial charge on any atom is -0.331 e. The summed E-state index contributed by atoms with van der Waals surface area (Å²) in [7, 11) is 4.05. The molecule has 1 amide bonds. The van der Waals surface area contributed by atoms with Crippen LogP contribution in [0.1, 0.15) is 34.2 Å². The van der Waals surface area contributed by atoms with Crippen molar-refractivity contribution in [1.29, 1.82) is 0 Å². The fraction of sp³-hybridized carbons (Fsp3) is 0.556. The molecule has 6 nitrogen and oxygen atoms in total. The van der Waals surface area contributed by atoms with Crippen LogP contribution in [0.4, 0.5) is 0 Å². The molecule has 1 N–H and O–H groups in total. The van der Waals surface area contributed by atoms with Crippen molar-refractivity contribution in [2.75, 3.05) is 40.3 Å². The second-order valence-electron chi connectivity index (χ2n) is 6.79. The van der Waals surface area contributed by atoms with Crippen LogP contribution in [0.15, 0.2) is 29.8 Å². The average Bonchev–Trinajstić information content (AvgIpc) is 3.30. The van der Waals surface area contributed by atoms with E-state index in [1.54, 1.807) is 11.3 Å². The highest BCUT2D eigenvalue weighted by Gasteiger charge is 2.21. The first kappa shape index (κ1) is 18.1. The molecule has 1 atom stereocenters. The first-order valence-electron chi connectivity index (χ1n) is 8.86. The van der Waals surface area contributed by atoms with Gasteiger partial charge in [-0.3, -0.25) is 9.48 Å². The number of aromatic nitrogens is 2. The molecular formula is C18H27N5OS. The number of piperidine rings is 1. The molecule has 136 valence electrons. The molecule has 0 saturated carbocycles. The van der Waals surface area contributed by atoms with Crippen molar-refractivity contribution in [3.8, 4) is 0 Å². The number of rotatable bonds is 7. The minimum absolute atomic E-state index is 0.0118. The van der Waals surface area contributed by atoms with E-state index >= 15 is 0 Å².